The van der Waals surface area contributed by atoms with Crippen LogP contribution < -0.4 is 14.5 Å². The van der Waals surface area contributed by atoms with Gasteiger partial charge in [-0.05, 0) is 43.5 Å². The Labute approximate surface area is 212 Å². The predicted molar refractivity (Wildman–Crippen MR) is 142 cm³/mol. The second kappa shape index (κ2) is 10.7. The number of allylic oxidation sites excluding steroid dienone is 1. The van der Waals surface area contributed by atoms with E-state index in [0.717, 1.165) is 25.7 Å². The number of ether oxygens (including phenoxy) is 1. The number of halogens is 1. The SMILES string of the molecule is CC.CC/C=C/C1(O)c2cnc3c(OC)cccc3c2N(C2CCCC2)C(=O)N1c1ccccc1F. The van der Waals surface area contributed by atoms with Crippen LogP contribution in [0.3, 0.4) is 0 Å². The van der Waals surface area contributed by atoms with Crippen LogP contribution in [0.15, 0.2) is 60.8 Å². The minimum absolute atomic E-state index is 0.0233. The molecule has 7 heteroatoms. The van der Waals surface area contributed by atoms with Crippen molar-refractivity contribution in [3.8, 4) is 5.75 Å². The molecule has 0 radical (unpaired) electrons. The first-order chi connectivity index (χ1) is 17.5. The summed E-state index contributed by atoms with van der Waals surface area (Å²) in [5, 5.41) is 12.9. The first kappa shape index (κ1) is 25.6. The molecule has 2 heterocycles. The number of pyridine rings is 1. The number of fused-ring (bicyclic) bond motifs is 3. The number of anilines is 2. The van der Waals surface area contributed by atoms with Gasteiger partial charge in [-0.25, -0.2) is 9.18 Å². The molecule has 0 saturated heterocycles. The van der Waals surface area contributed by atoms with Crippen molar-refractivity contribution in [2.24, 2.45) is 0 Å². The average molecular weight is 492 g/mol. The quantitative estimate of drug-likeness (QED) is 0.394. The van der Waals surface area contributed by atoms with Gasteiger partial charge >= 0.3 is 6.03 Å². The largest absolute Gasteiger partial charge is 0.494 e. The number of rotatable bonds is 5. The highest BCUT2D eigenvalue weighted by Gasteiger charge is 2.51. The van der Waals surface area contributed by atoms with Crippen molar-refractivity contribution in [2.45, 2.75) is 64.6 Å². The molecule has 1 N–H and O–H groups in total. The summed E-state index contributed by atoms with van der Waals surface area (Å²) in [4.78, 5) is 21.8. The maximum absolute atomic E-state index is 15.1. The van der Waals surface area contributed by atoms with Gasteiger partial charge in [0.25, 0.3) is 0 Å². The Morgan fingerprint density at radius 2 is 1.89 bits per heavy atom. The van der Waals surface area contributed by atoms with Gasteiger partial charge in [0.15, 0.2) is 5.72 Å². The van der Waals surface area contributed by atoms with Crippen LogP contribution in [-0.4, -0.2) is 29.3 Å². The highest BCUT2D eigenvalue weighted by molar-refractivity contribution is 6.14. The number of carbonyl (C=O) groups excluding carboxylic acids is 1. The van der Waals surface area contributed by atoms with E-state index in [2.05, 4.69) is 4.98 Å². The van der Waals surface area contributed by atoms with Crippen molar-refractivity contribution in [3.63, 3.8) is 0 Å². The maximum Gasteiger partial charge on any atom is 0.332 e. The molecule has 1 aliphatic carbocycles. The van der Waals surface area contributed by atoms with Gasteiger partial charge in [-0.1, -0.05) is 64.0 Å². The van der Waals surface area contributed by atoms with Gasteiger partial charge < -0.3 is 9.84 Å². The molecule has 1 aromatic heterocycles. The fraction of sp³-hybridized carbons (Fsp3) is 0.379. The van der Waals surface area contributed by atoms with E-state index in [-0.39, 0.29) is 11.7 Å². The summed E-state index contributed by atoms with van der Waals surface area (Å²) in [6.45, 7) is 5.94. The number of aromatic nitrogens is 1. The molecule has 1 unspecified atom stereocenters. The summed E-state index contributed by atoms with van der Waals surface area (Å²) in [5.41, 5.74) is -0.232. The Bertz CT molecular complexity index is 1270. The normalized spacial score (nSPS) is 20.0. The lowest BCUT2D eigenvalue weighted by molar-refractivity contribution is 0.0865. The first-order valence-corrected chi connectivity index (χ1v) is 12.8. The zero-order valence-corrected chi connectivity index (χ0v) is 21.4. The lowest BCUT2D eigenvalue weighted by Gasteiger charge is -2.48. The molecule has 2 aliphatic rings. The van der Waals surface area contributed by atoms with E-state index in [1.807, 2.05) is 39.0 Å². The van der Waals surface area contributed by atoms with Gasteiger partial charge in [-0.15, -0.1) is 0 Å². The Balaban J connectivity index is 0.00000148. The van der Waals surface area contributed by atoms with Gasteiger partial charge in [-0.3, -0.25) is 14.8 Å². The fourth-order valence-electron chi connectivity index (χ4n) is 5.21. The zero-order chi connectivity index (χ0) is 25.9. The third-order valence-corrected chi connectivity index (χ3v) is 6.80. The molecule has 1 aliphatic heterocycles. The standard InChI is InChI=1S/C27H28FN3O3.C2H6/c1-3-4-16-27(33)20-17-29-24-19(12-9-15-23(24)34-2)25(20)30(18-10-5-6-11-18)26(32)31(27)22-14-8-7-13-21(22)28;1-2/h4,7-9,12-18,33H,3,5-6,10-11H2,1-2H3;1-2H3/b16-4+;. The van der Waals surface area contributed by atoms with E-state index in [1.54, 1.807) is 42.5 Å². The molecule has 6 nitrogen and oxygen atoms in total. The Kier molecular flexibility index (Phi) is 7.59. The summed E-state index contributed by atoms with van der Waals surface area (Å²) in [6, 6.07) is 11.1. The molecular weight excluding hydrogens is 457 g/mol. The first-order valence-electron chi connectivity index (χ1n) is 12.8. The smallest absolute Gasteiger partial charge is 0.332 e. The second-order valence-corrected chi connectivity index (χ2v) is 8.79. The van der Waals surface area contributed by atoms with Crippen molar-refractivity contribution < 1.29 is 19.0 Å². The van der Waals surface area contributed by atoms with Crippen LogP contribution >= 0.6 is 0 Å². The number of methoxy groups -OCH3 is 1. The topological polar surface area (TPSA) is 65.9 Å². The van der Waals surface area contributed by atoms with Crippen LogP contribution in [0, 0.1) is 5.82 Å². The Morgan fingerprint density at radius 3 is 2.56 bits per heavy atom. The molecule has 3 aromatic rings. The Morgan fingerprint density at radius 1 is 1.17 bits per heavy atom. The average Bonchev–Trinajstić information content (AvgIpc) is 3.44. The molecule has 1 saturated carbocycles. The number of hydrogen-bond donors (Lipinski definition) is 1. The molecule has 0 bridgehead atoms. The summed E-state index contributed by atoms with van der Waals surface area (Å²) < 4.78 is 20.6. The summed E-state index contributed by atoms with van der Waals surface area (Å²) >= 11 is 0. The highest BCUT2D eigenvalue weighted by atomic mass is 19.1. The van der Waals surface area contributed by atoms with Crippen molar-refractivity contribution in [3.05, 3.63) is 72.2 Å². The van der Waals surface area contributed by atoms with E-state index in [4.69, 9.17) is 4.74 Å². The summed E-state index contributed by atoms with van der Waals surface area (Å²) in [7, 11) is 1.58. The number of nitrogens with zero attached hydrogens (tertiary/aromatic N) is 3. The van der Waals surface area contributed by atoms with Crippen molar-refractivity contribution in [1.29, 1.82) is 0 Å². The highest BCUT2D eigenvalue weighted by Crippen LogP contribution is 2.49. The molecule has 2 amide bonds. The second-order valence-electron chi connectivity index (χ2n) is 8.79. The Hall–Kier alpha value is -3.45. The van der Waals surface area contributed by atoms with Gasteiger partial charge in [-0.2, -0.15) is 0 Å². The number of carbonyl (C=O) groups is 1. The molecule has 1 fully saturated rings. The molecule has 5 rings (SSSR count). The van der Waals surface area contributed by atoms with Crippen molar-refractivity contribution in [1.82, 2.24) is 4.98 Å². The maximum atomic E-state index is 15.1. The molecule has 190 valence electrons. The lowest BCUT2D eigenvalue weighted by atomic mass is 9.92. The van der Waals surface area contributed by atoms with Crippen LogP contribution in [0.5, 0.6) is 5.75 Å². The van der Waals surface area contributed by atoms with E-state index >= 15 is 4.39 Å². The number of urea groups is 1. The van der Waals surface area contributed by atoms with E-state index in [9.17, 15) is 9.90 Å². The van der Waals surface area contributed by atoms with Crippen molar-refractivity contribution >= 4 is 28.3 Å². The minimum atomic E-state index is -1.91. The molecule has 1 atom stereocenters. The molecule has 36 heavy (non-hydrogen) atoms. The van der Waals surface area contributed by atoms with Gasteiger partial charge in [0.05, 0.1) is 24.0 Å². The third-order valence-electron chi connectivity index (χ3n) is 6.80. The third kappa shape index (κ3) is 4.11. The van der Waals surface area contributed by atoms with E-state index in [1.165, 1.54) is 17.0 Å². The van der Waals surface area contributed by atoms with Crippen LogP contribution in [-0.2, 0) is 5.72 Å². The van der Waals surface area contributed by atoms with Crippen LogP contribution in [0.1, 0.15) is 58.4 Å². The number of hydrogen-bond acceptors (Lipinski definition) is 4. The molecular formula is C29H34FN3O3. The minimum Gasteiger partial charge on any atom is -0.494 e. The molecule has 2 aromatic carbocycles. The molecule has 0 spiro atoms. The van der Waals surface area contributed by atoms with Crippen LogP contribution in [0.25, 0.3) is 10.9 Å². The van der Waals surface area contributed by atoms with Gasteiger partial charge in [0.1, 0.15) is 17.1 Å². The summed E-state index contributed by atoms with van der Waals surface area (Å²) in [6.07, 6.45) is 9.27. The zero-order valence-electron chi connectivity index (χ0n) is 21.4. The fourth-order valence-corrected chi connectivity index (χ4v) is 5.21. The van der Waals surface area contributed by atoms with Gasteiger partial charge in [0, 0.05) is 17.6 Å². The number of benzene rings is 2. The van der Waals surface area contributed by atoms with Gasteiger partial charge in [0.2, 0.25) is 0 Å². The predicted octanol–water partition coefficient (Wildman–Crippen LogP) is 6.91. The van der Waals surface area contributed by atoms with E-state index in [0.29, 0.717) is 34.3 Å². The number of para-hydroxylation sites is 2. The number of amides is 2. The van der Waals surface area contributed by atoms with Crippen LogP contribution in [0.2, 0.25) is 0 Å². The van der Waals surface area contributed by atoms with Crippen molar-refractivity contribution in [2.75, 3.05) is 16.9 Å². The van der Waals surface area contributed by atoms with E-state index < -0.39 is 17.6 Å². The lowest BCUT2D eigenvalue weighted by Crippen LogP contribution is -2.61. The monoisotopic (exact) mass is 491 g/mol. The van der Waals surface area contributed by atoms with Crippen LogP contribution in [0.4, 0.5) is 20.6 Å². The number of aliphatic hydroxyl groups is 1. The summed E-state index contributed by atoms with van der Waals surface area (Å²) in [5.74, 6) is 0.00714.